The predicted molar refractivity (Wildman–Crippen MR) is 78.9 cm³/mol. The molecule has 23 heavy (non-hydrogen) atoms. The second kappa shape index (κ2) is 5.04. The SMILES string of the molecule is Nc1ncnc2c1c(Oc1cc(O)ccn1)nn2[C@H]1C[C@H](F)C1. The van der Waals surface area contributed by atoms with Gasteiger partial charge >= 0.3 is 0 Å². The van der Waals surface area contributed by atoms with E-state index in [0.717, 1.165) is 0 Å². The van der Waals surface area contributed by atoms with Gasteiger partial charge in [-0.25, -0.2) is 24.0 Å². The molecule has 8 nitrogen and oxygen atoms in total. The van der Waals surface area contributed by atoms with Gasteiger partial charge in [-0.3, -0.25) is 0 Å². The van der Waals surface area contributed by atoms with Crippen LogP contribution in [0.5, 0.6) is 17.5 Å². The van der Waals surface area contributed by atoms with Crippen LogP contribution in [0.1, 0.15) is 18.9 Å². The van der Waals surface area contributed by atoms with Crippen molar-refractivity contribution in [1.29, 1.82) is 0 Å². The van der Waals surface area contributed by atoms with Gasteiger partial charge in [0.1, 0.15) is 29.5 Å². The van der Waals surface area contributed by atoms with Crippen LogP contribution in [-0.4, -0.2) is 36.0 Å². The van der Waals surface area contributed by atoms with Gasteiger partial charge in [0.2, 0.25) is 5.88 Å². The Balaban J connectivity index is 1.79. The van der Waals surface area contributed by atoms with Crippen molar-refractivity contribution in [2.45, 2.75) is 25.1 Å². The molecule has 0 aromatic carbocycles. The van der Waals surface area contributed by atoms with Crippen LogP contribution in [0.15, 0.2) is 24.7 Å². The number of ether oxygens (including phenoxy) is 1. The summed E-state index contributed by atoms with van der Waals surface area (Å²) in [4.78, 5) is 12.1. The van der Waals surface area contributed by atoms with Crippen molar-refractivity contribution in [3.8, 4) is 17.5 Å². The molecule has 0 spiro atoms. The Labute approximate surface area is 129 Å². The highest BCUT2D eigenvalue weighted by atomic mass is 19.1. The first-order valence-corrected chi connectivity index (χ1v) is 7.07. The van der Waals surface area contributed by atoms with Crippen LogP contribution in [0.2, 0.25) is 0 Å². The topological polar surface area (TPSA) is 112 Å². The Hall–Kier alpha value is -2.97. The number of nitrogens with zero attached hydrogens (tertiary/aromatic N) is 5. The van der Waals surface area contributed by atoms with Crippen molar-refractivity contribution in [2.24, 2.45) is 0 Å². The predicted octanol–water partition coefficient (Wildman–Crippen LogP) is 1.97. The van der Waals surface area contributed by atoms with Crippen LogP contribution in [-0.2, 0) is 0 Å². The summed E-state index contributed by atoms with van der Waals surface area (Å²) < 4.78 is 20.4. The highest BCUT2D eigenvalue weighted by molar-refractivity contribution is 5.90. The first kappa shape index (κ1) is 13.7. The summed E-state index contributed by atoms with van der Waals surface area (Å²) >= 11 is 0. The molecular weight excluding hydrogens is 303 g/mol. The third-order valence-electron chi connectivity index (χ3n) is 3.81. The fraction of sp³-hybridized carbons (Fsp3) is 0.286. The lowest BCUT2D eigenvalue weighted by Crippen LogP contribution is -2.28. The molecule has 0 saturated heterocycles. The van der Waals surface area contributed by atoms with Gasteiger partial charge in [0.15, 0.2) is 5.65 Å². The van der Waals surface area contributed by atoms with Crippen LogP contribution >= 0.6 is 0 Å². The highest BCUT2D eigenvalue weighted by Gasteiger charge is 2.34. The molecule has 0 bridgehead atoms. The van der Waals surface area contributed by atoms with Gasteiger partial charge in [-0.2, -0.15) is 0 Å². The minimum absolute atomic E-state index is 0.0159. The summed E-state index contributed by atoms with van der Waals surface area (Å²) in [6, 6.07) is 2.69. The van der Waals surface area contributed by atoms with E-state index in [1.54, 1.807) is 4.68 Å². The number of pyridine rings is 1. The van der Waals surface area contributed by atoms with Crippen LogP contribution in [0.25, 0.3) is 11.0 Å². The molecule has 1 saturated carbocycles. The second-order valence-electron chi connectivity index (χ2n) is 5.38. The van der Waals surface area contributed by atoms with Crippen LogP contribution in [0.3, 0.4) is 0 Å². The van der Waals surface area contributed by atoms with Crippen LogP contribution < -0.4 is 10.5 Å². The molecule has 0 radical (unpaired) electrons. The summed E-state index contributed by atoms with van der Waals surface area (Å²) in [6.07, 6.45) is 2.67. The van der Waals surface area contributed by atoms with Gasteiger partial charge in [0.25, 0.3) is 5.88 Å². The van der Waals surface area contributed by atoms with Gasteiger partial charge in [-0.15, -0.1) is 5.10 Å². The first-order chi connectivity index (χ1) is 11.1. The number of hydrogen-bond acceptors (Lipinski definition) is 7. The molecule has 3 aromatic heterocycles. The maximum absolute atomic E-state index is 13.2. The zero-order valence-electron chi connectivity index (χ0n) is 11.9. The number of rotatable bonds is 3. The molecule has 3 aromatic rings. The molecule has 1 aliphatic carbocycles. The lowest BCUT2D eigenvalue weighted by molar-refractivity contribution is 0.129. The van der Waals surface area contributed by atoms with E-state index >= 15 is 0 Å². The second-order valence-corrected chi connectivity index (χ2v) is 5.38. The number of halogens is 1. The van der Waals surface area contributed by atoms with Crippen molar-refractivity contribution in [2.75, 3.05) is 5.73 Å². The van der Waals surface area contributed by atoms with Gasteiger partial charge < -0.3 is 15.6 Å². The number of fused-ring (bicyclic) bond motifs is 1. The van der Waals surface area contributed by atoms with Crippen molar-refractivity contribution in [3.63, 3.8) is 0 Å². The quantitative estimate of drug-likeness (QED) is 0.759. The number of aromatic hydroxyl groups is 1. The highest BCUT2D eigenvalue weighted by Crippen LogP contribution is 2.39. The summed E-state index contributed by atoms with van der Waals surface area (Å²) in [5.41, 5.74) is 6.40. The van der Waals surface area contributed by atoms with E-state index in [2.05, 4.69) is 20.1 Å². The maximum atomic E-state index is 13.2. The molecule has 1 fully saturated rings. The smallest absolute Gasteiger partial charge is 0.253 e. The largest absolute Gasteiger partial charge is 0.508 e. The Morgan fingerprint density at radius 2 is 2.13 bits per heavy atom. The van der Waals surface area contributed by atoms with Gasteiger partial charge in [-0.1, -0.05) is 0 Å². The molecule has 0 unspecified atom stereocenters. The van der Waals surface area contributed by atoms with E-state index in [9.17, 15) is 9.50 Å². The first-order valence-electron chi connectivity index (χ1n) is 7.07. The number of alkyl halides is 1. The van der Waals surface area contributed by atoms with E-state index in [1.165, 1.54) is 24.7 Å². The molecule has 3 heterocycles. The minimum atomic E-state index is -0.824. The number of hydrogen-bond donors (Lipinski definition) is 2. The van der Waals surface area contributed by atoms with E-state index in [1.807, 2.05) is 0 Å². The average Bonchev–Trinajstić information content (AvgIpc) is 2.84. The van der Waals surface area contributed by atoms with Crippen molar-refractivity contribution >= 4 is 16.9 Å². The third kappa shape index (κ3) is 2.30. The van der Waals surface area contributed by atoms with E-state index in [0.29, 0.717) is 23.9 Å². The van der Waals surface area contributed by atoms with E-state index < -0.39 is 6.17 Å². The Morgan fingerprint density at radius 3 is 2.87 bits per heavy atom. The zero-order valence-corrected chi connectivity index (χ0v) is 11.9. The number of nitrogens with two attached hydrogens (primary N) is 1. The number of aromatic nitrogens is 5. The third-order valence-corrected chi connectivity index (χ3v) is 3.81. The van der Waals surface area contributed by atoms with Crippen molar-refractivity contribution in [3.05, 3.63) is 24.7 Å². The van der Waals surface area contributed by atoms with Crippen LogP contribution in [0.4, 0.5) is 10.2 Å². The lowest BCUT2D eigenvalue weighted by atomic mass is 9.91. The standard InChI is InChI=1S/C14H13FN6O2/c15-7-3-8(4-7)21-13-11(12(16)18-6-19-13)14(20-21)23-10-5-9(22)1-2-17-10/h1-2,5-8H,3-4H2,(H,17,22)(H2,16,18,19)/t7-,8-. The molecule has 0 atom stereocenters. The van der Waals surface area contributed by atoms with Crippen molar-refractivity contribution in [1.82, 2.24) is 24.7 Å². The maximum Gasteiger partial charge on any atom is 0.253 e. The van der Waals surface area contributed by atoms with Gasteiger partial charge in [0, 0.05) is 25.1 Å². The van der Waals surface area contributed by atoms with Gasteiger partial charge in [0.05, 0.1) is 6.04 Å². The number of nitrogen functional groups attached to an aromatic ring is 1. The summed E-state index contributed by atoms with van der Waals surface area (Å²) in [7, 11) is 0. The fourth-order valence-corrected chi connectivity index (χ4v) is 2.56. The Morgan fingerprint density at radius 1 is 1.30 bits per heavy atom. The molecule has 0 amide bonds. The van der Waals surface area contributed by atoms with Crippen LogP contribution in [0, 0.1) is 0 Å². The molecule has 4 rings (SSSR count). The van der Waals surface area contributed by atoms with Gasteiger partial charge in [-0.05, 0) is 6.07 Å². The minimum Gasteiger partial charge on any atom is -0.508 e. The molecule has 0 aliphatic heterocycles. The van der Waals surface area contributed by atoms with E-state index in [4.69, 9.17) is 10.5 Å². The number of anilines is 1. The Bertz CT molecular complexity index is 877. The zero-order chi connectivity index (χ0) is 16.0. The van der Waals surface area contributed by atoms with Crippen molar-refractivity contribution < 1.29 is 14.2 Å². The normalized spacial score (nSPS) is 20.4. The molecule has 1 aliphatic rings. The summed E-state index contributed by atoms with van der Waals surface area (Å²) in [5, 5.41) is 14.3. The summed E-state index contributed by atoms with van der Waals surface area (Å²) in [5.74, 6) is 0.574. The fourth-order valence-electron chi connectivity index (χ4n) is 2.56. The summed E-state index contributed by atoms with van der Waals surface area (Å²) in [6.45, 7) is 0. The Kier molecular flexibility index (Phi) is 3.00. The molecule has 9 heteroatoms. The molecular formula is C14H13FN6O2. The lowest BCUT2D eigenvalue weighted by Gasteiger charge is -2.29. The average molecular weight is 316 g/mol. The monoisotopic (exact) mass is 316 g/mol. The molecule has 118 valence electrons. The molecule has 3 N–H and O–H groups in total. The van der Waals surface area contributed by atoms with E-state index in [-0.39, 0.29) is 29.4 Å².